The van der Waals surface area contributed by atoms with Crippen LogP contribution in [-0.2, 0) is 0 Å². The van der Waals surface area contributed by atoms with Gasteiger partial charge in [-0.2, -0.15) is 0 Å². The van der Waals surface area contributed by atoms with Gasteiger partial charge in [-0.05, 0) is 60.0 Å². The van der Waals surface area contributed by atoms with Crippen molar-refractivity contribution >= 4 is 32.8 Å². The van der Waals surface area contributed by atoms with Crippen molar-refractivity contribution in [1.82, 2.24) is 14.5 Å². The van der Waals surface area contributed by atoms with E-state index in [2.05, 4.69) is 69.4 Å². The van der Waals surface area contributed by atoms with E-state index in [-0.39, 0.29) is 0 Å². The van der Waals surface area contributed by atoms with Crippen LogP contribution in [0.5, 0.6) is 0 Å². The van der Waals surface area contributed by atoms with Crippen LogP contribution < -0.4 is 5.73 Å². The van der Waals surface area contributed by atoms with Crippen molar-refractivity contribution in [1.29, 1.82) is 0 Å². The number of nitrogen functional groups attached to an aromatic ring is 1. The fourth-order valence-electron chi connectivity index (χ4n) is 2.51. The summed E-state index contributed by atoms with van der Waals surface area (Å²) in [6, 6.07) is 6.27. The molecule has 0 amide bonds. The molecule has 0 fully saturated rings. The lowest BCUT2D eigenvalue weighted by Gasteiger charge is -2.11. The number of aromatic nitrogens is 3. The number of halogens is 1. The Balaban J connectivity index is 2.42. The lowest BCUT2D eigenvalue weighted by Crippen LogP contribution is -2.00. The molecular formula is C15H15BrN4. The van der Waals surface area contributed by atoms with Gasteiger partial charge in [-0.25, -0.2) is 9.97 Å². The molecule has 0 saturated carbocycles. The van der Waals surface area contributed by atoms with Gasteiger partial charge in [-0.3, -0.25) is 4.57 Å². The third-order valence-electron chi connectivity index (χ3n) is 3.67. The van der Waals surface area contributed by atoms with Crippen molar-refractivity contribution in [2.75, 3.05) is 5.73 Å². The highest BCUT2D eigenvalue weighted by atomic mass is 79.9. The highest BCUT2D eigenvalue weighted by Gasteiger charge is 2.17. The first-order valence-electron chi connectivity index (χ1n) is 6.35. The summed E-state index contributed by atoms with van der Waals surface area (Å²) in [5.74, 6) is 0.526. The molecule has 0 radical (unpaired) electrons. The minimum absolute atomic E-state index is 0.526. The highest BCUT2D eigenvalue weighted by Crippen LogP contribution is 2.32. The fraction of sp³-hybridized carbons (Fsp3) is 0.200. The largest absolute Gasteiger partial charge is 0.383 e. The normalized spacial score (nSPS) is 11.2. The molecule has 1 aromatic carbocycles. The van der Waals surface area contributed by atoms with Gasteiger partial charge >= 0.3 is 0 Å². The van der Waals surface area contributed by atoms with Gasteiger partial charge in [0.25, 0.3) is 0 Å². The molecule has 0 spiro atoms. The molecule has 2 heterocycles. The molecule has 3 rings (SSSR count). The predicted molar refractivity (Wildman–Crippen MR) is 85.2 cm³/mol. The van der Waals surface area contributed by atoms with Crippen LogP contribution in [0, 0.1) is 20.8 Å². The maximum Gasteiger partial charge on any atom is 0.150 e. The third kappa shape index (κ3) is 1.81. The van der Waals surface area contributed by atoms with Gasteiger partial charge in [0, 0.05) is 10.2 Å². The molecular weight excluding hydrogens is 316 g/mol. The van der Waals surface area contributed by atoms with Crippen LogP contribution in [0.3, 0.4) is 0 Å². The van der Waals surface area contributed by atoms with Crippen molar-refractivity contribution in [3.05, 3.63) is 45.8 Å². The molecule has 0 aliphatic heterocycles. The molecule has 0 unspecified atom stereocenters. The first-order valence-corrected chi connectivity index (χ1v) is 7.14. The highest BCUT2D eigenvalue weighted by molar-refractivity contribution is 9.10. The number of hydrogen-bond acceptors (Lipinski definition) is 3. The zero-order chi connectivity index (χ0) is 14.4. The third-order valence-corrected chi connectivity index (χ3v) is 4.30. The standard InChI is InChI=1S/C15H15BrN4/c1-8-4-5-12(11(16)6-8)20-10(3)9(2)13-14(17)18-7-19-15(13)20/h4-7H,1-3H3,(H2,17,18,19). The Bertz CT molecular complexity index is 820. The Morgan fingerprint density at radius 1 is 1.15 bits per heavy atom. The summed E-state index contributed by atoms with van der Waals surface area (Å²) in [4.78, 5) is 8.51. The first-order chi connectivity index (χ1) is 9.50. The van der Waals surface area contributed by atoms with Crippen LogP contribution in [0.1, 0.15) is 16.8 Å². The van der Waals surface area contributed by atoms with E-state index < -0.39 is 0 Å². The summed E-state index contributed by atoms with van der Waals surface area (Å²) in [5, 5.41) is 0.928. The van der Waals surface area contributed by atoms with Crippen LogP contribution in [0.15, 0.2) is 29.0 Å². The van der Waals surface area contributed by atoms with Gasteiger partial charge < -0.3 is 5.73 Å². The number of benzene rings is 1. The molecule has 2 aromatic heterocycles. The molecule has 20 heavy (non-hydrogen) atoms. The number of nitrogens with zero attached hydrogens (tertiary/aromatic N) is 3. The van der Waals surface area contributed by atoms with Gasteiger partial charge in [0.1, 0.15) is 12.1 Å². The molecule has 0 aliphatic rings. The summed E-state index contributed by atoms with van der Waals surface area (Å²) in [5.41, 5.74) is 11.4. The number of hydrogen-bond donors (Lipinski definition) is 1. The van der Waals surface area contributed by atoms with E-state index in [9.17, 15) is 0 Å². The van der Waals surface area contributed by atoms with E-state index in [0.717, 1.165) is 32.5 Å². The van der Waals surface area contributed by atoms with Crippen molar-refractivity contribution in [3.8, 4) is 5.69 Å². The summed E-state index contributed by atoms with van der Waals surface area (Å²) >= 11 is 3.64. The SMILES string of the molecule is Cc1ccc(-n2c(C)c(C)c3c(N)ncnc32)c(Br)c1. The maximum atomic E-state index is 6.00. The number of aryl methyl sites for hydroxylation is 2. The average Bonchev–Trinajstić information content (AvgIpc) is 2.64. The molecule has 102 valence electrons. The summed E-state index contributed by atoms with van der Waals surface area (Å²) in [6.07, 6.45) is 1.51. The second kappa shape index (κ2) is 4.59. The average molecular weight is 331 g/mol. The molecule has 5 heteroatoms. The maximum absolute atomic E-state index is 6.00. The van der Waals surface area contributed by atoms with Gasteiger partial charge in [0.15, 0.2) is 5.65 Å². The van der Waals surface area contributed by atoms with Crippen molar-refractivity contribution < 1.29 is 0 Å². The Hall–Kier alpha value is -1.88. The minimum atomic E-state index is 0.526. The molecule has 0 aliphatic carbocycles. The molecule has 0 bridgehead atoms. The molecule has 3 aromatic rings. The second-order valence-electron chi connectivity index (χ2n) is 4.96. The van der Waals surface area contributed by atoms with E-state index in [1.165, 1.54) is 11.9 Å². The molecule has 4 nitrogen and oxygen atoms in total. The van der Waals surface area contributed by atoms with Crippen LogP contribution in [0.2, 0.25) is 0 Å². The quantitative estimate of drug-likeness (QED) is 0.740. The Morgan fingerprint density at radius 2 is 1.90 bits per heavy atom. The van der Waals surface area contributed by atoms with Crippen molar-refractivity contribution in [3.63, 3.8) is 0 Å². The number of anilines is 1. The van der Waals surface area contributed by atoms with Crippen LogP contribution in [0.25, 0.3) is 16.7 Å². The van der Waals surface area contributed by atoms with Crippen LogP contribution in [0.4, 0.5) is 5.82 Å². The minimum Gasteiger partial charge on any atom is -0.383 e. The van der Waals surface area contributed by atoms with Crippen LogP contribution in [-0.4, -0.2) is 14.5 Å². The Kier molecular flexibility index (Phi) is 3.01. The topological polar surface area (TPSA) is 56.7 Å². The Morgan fingerprint density at radius 3 is 2.60 bits per heavy atom. The lowest BCUT2D eigenvalue weighted by atomic mass is 10.2. The van der Waals surface area contributed by atoms with Gasteiger partial charge in [-0.15, -0.1) is 0 Å². The van der Waals surface area contributed by atoms with E-state index in [0.29, 0.717) is 5.82 Å². The van der Waals surface area contributed by atoms with Gasteiger partial charge in [-0.1, -0.05) is 6.07 Å². The molecule has 0 saturated heterocycles. The number of fused-ring (bicyclic) bond motifs is 1. The van der Waals surface area contributed by atoms with Crippen LogP contribution >= 0.6 is 15.9 Å². The summed E-state index contributed by atoms with van der Waals surface area (Å²) in [6.45, 7) is 6.19. The van der Waals surface area contributed by atoms with E-state index in [1.54, 1.807) is 0 Å². The smallest absolute Gasteiger partial charge is 0.150 e. The van der Waals surface area contributed by atoms with E-state index >= 15 is 0 Å². The zero-order valence-corrected chi connectivity index (χ0v) is 13.2. The summed E-state index contributed by atoms with van der Waals surface area (Å²) < 4.78 is 3.15. The zero-order valence-electron chi connectivity index (χ0n) is 11.6. The lowest BCUT2D eigenvalue weighted by molar-refractivity contribution is 1.01. The predicted octanol–water partition coefficient (Wildman–Crippen LogP) is 3.69. The Labute approximate surface area is 125 Å². The van der Waals surface area contributed by atoms with Gasteiger partial charge in [0.05, 0.1) is 11.1 Å². The number of nitrogens with two attached hydrogens (primary N) is 1. The van der Waals surface area contributed by atoms with Gasteiger partial charge in [0.2, 0.25) is 0 Å². The monoisotopic (exact) mass is 330 g/mol. The van der Waals surface area contributed by atoms with E-state index in [4.69, 9.17) is 5.73 Å². The second-order valence-corrected chi connectivity index (χ2v) is 5.81. The fourth-order valence-corrected chi connectivity index (χ4v) is 3.18. The van der Waals surface area contributed by atoms with E-state index in [1.807, 2.05) is 0 Å². The summed E-state index contributed by atoms with van der Waals surface area (Å²) in [7, 11) is 0. The van der Waals surface area contributed by atoms with Crippen molar-refractivity contribution in [2.45, 2.75) is 20.8 Å². The number of rotatable bonds is 1. The first kappa shape index (κ1) is 13.1. The molecule has 0 atom stereocenters. The van der Waals surface area contributed by atoms with Crippen molar-refractivity contribution in [2.24, 2.45) is 0 Å². The molecule has 2 N–H and O–H groups in total.